The van der Waals surface area contributed by atoms with Crippen molar-refractivity contribution in [2.75, 3.05) is 9.80 Å². The quantitative estimate of drug-likeness (QED) is 0.248. The molecular formula is C34H29BN2. The highest BCUT2D eigenvalue weighted by atomic mass is 15.2. The normalized spacial score (nSPS) is 13.2. The summed E-state index contributed by atoms with van der Waals surface area (Å²) in [6.07, 6.45) is 0. The third-order valence-corrected chi connectivity index (χ3v) is 8.31. The molecule has 0 N–H and O–H groups in total. The summed E-state index contributed by atoms with van der Waals surface area (Å²) < 4.78 is 0. The molecule has 2 aliphatic rings. The summed E-state index contributed by atoms with van der Waals surface area (Å²) in [6, 6.07) is 38.3. The van der Waals surface area contributed by atoms with Crippen molar-refractivity contribution in [3.8, 4) is 0 Å². The lowest BCUT2D eigenvalue weighted by atomic mass is 9.33. The van der Waals surface area contributed by atoms with Crippen molar-refractivity contribution in [1.29, 1.82) is 0 Å². The van der Waals surface area contributed by atoms with Gasteiger partial charge in [0.1, 0.15) is 0 Å². The van der Waals surface area contributed by atoms with Gasteiger partial charge in [-0.25, -0.2) is 0 Å². The van der Waals surface area contributed by atoms with Crippen LogP contribution in [-0.2, 0) is 0 Å². The predicted octanol–water partition coefficient (Wildman–Crippen LogP) is 7.00. The molecule has 2 aliphatic heterocycles. The van der Waals surface area contributed by atoms with Crippen LogP contribution in [0.4, 0.5) is 34.1 Å². The lowest BCUT2D eigenvalue weighted by Crippen LogP contribution is -2.61. The highest BCUT2D eigenvalue weighted by Gasteiger charge is 2.42. The van der Waals surface area contributed by atoms with E-state index >= 15 is 0 Å². The Morgan fingerprint density at radius 3 is 1.32 bits per heavy atom. The maximum atomic E-state index is 2.46. The average molecular weight is 476 g/mol. The molecule has 2 heterocycles. The molecule has 5 aromatic carbocycles. The molecule has 0 saturated carbocycles. The Morgan fingerprint density at radius 2 is 0.865 bits per heavy atom. The maximum absolute atomic E-state index is 2.46. The first-order valence-electron chi connectivity index (χ1n) is 13.1. The predicted molar refractivity (Wildman–Crippen MR) is 159 cm³/mol. The molecule has 2 nitrogen and oxygen atoms in total. The second-order valence-corrected chi connectivity index (χ2v) is 10.5. The lowest BCUT2D eigenvalue weighted by Gasteiger charge is -2.44. The molecule has 0 amide bonds. The number of hydrogen-bond donors (Lipinski definition) is 0. The number of rotatable bonds is 2. The molecule has 0 bridgehead atoms. The van der Waals surface area contributed by atoms with Crippen LogP contribution in [0.25, 0.3) is 0 Å². The Kier molecular flexibility index (Phi) is 4.84. The number of hydrogen-bond acceptors (Lipinski definition) is 2. The third-order valence-electron chi connectivity index (χ3n) is 8.31. The molecule has 7 rings (SSSR count). The molecule has 0 saturated heterocycles. The van der Waals surface area contributed by atoms with E-state index < -0.39 is 0 Å². The molecule has 0 radical (unpaired) electrons. The van der Waals surface area contributed by atoms with Crippen molar-refractivity contribution in [2.24, 2.45) is 0 Å². The molecule has 5 aromatic rings. The van der Waals surface area contributed by atoms with E-state index in [1.807, 2.05) is 0 Å². The van der Waals surface area contributed by atoms with Crippen molar-refractivity contribution in [3.63, 3.8) is 0 Å². The molecule has 0 unspecified atom stereocenters. The van der Waals surface area contributed by atoms with Crippen LogP contribution in [0.3, 0.4) is 0 Å². The Bertz CT molecular complexity index is 1580. The summed E-state index contributed by atoms with van der Waals surface area (Å²) in [5, 5.41) is 0. The van der Waals surface area contributed by atoms with Crippen molar-refractivity contribution in [1.82, 2.24) is 0 Å². The van der Waals surface area contributed by atoms with Crippen LogP contribution in [0, 0.1) is 27.7 Å². The molecule has 178 valence electrons. The fourth-order valence-electron chi connectivity index (χ4n) is 6.12. The van der Waals surface area contributed by atoms with E-state index in [1.54, 1.807) is 0 Å². The summed E-state index contributed by atoms with van der Waals surface area (Å²) in [5.41, 5.74) is 16.8. The third kappa shape index (κ3) is 3.20. The first-order chi connectivity index (χ1) is 18.0. The van der Waals surface area contributed by atoms with Crippen molar-refractivity contribution in [3.05, 3.63) is 125 Å². The van der Waals surface area contributed by atoms with Crippen molar-refractivity contribution < 1.29 is 0 Å². The minimum Gasteiger partial charge on any atom is -0.311 e. The smallest absolute Gasteiger partial charge is 0.252 e. The van der Waals surface area contributed by atoms with Crippen LogP contribution in [-0.4, -0.2) is 6.71 Å². The lowest BCUT2D eigenvalue weighted by molar-refractivity contribution is 1.23. The summed E-state index contributed by atoms with van der Waals surface area (Å²) in [4.78, 5) is 4.92. The van der Waals surface area contributed by atoms with Gasteiger partial charge in [-0.05, 0) is 115 Å². The zero-order valence-corrected chi connectivity index (χ0v) is 21.8. The molecule has 0 atom stereocenters. The van der Waals surface area contributed by atoms with Crippen molar-refractivity contribution in [2.45, 2.75) is 27.7 Å². The summed E-state index contributed by atoms with van der Waals surface area (Å²) >= 11 is 0. The highest BCUT2D eigenvalue weighted by molar-refractivity contribution is 7.00. The molecule has 0 fully saturated rings. The van der Waals surface area contributed by atoms with Gasteiger partial charge >= 0.3 is 0 Å². The van der Waals surface area contributed by atoms with E-state index in [4.69, 9.17) is 0 Å². The highest BCUT2D eigenvalue weighted by Crippen LogP contribution is 2.43. The number of fused-ring (bicyclic) bond motifs is 4. The second-order valence-electron chi connectivity index (χ2n) is 10.5. The minimum atomic E-state index is 0.184. The SMILES string of the molecule is Cc1ccc(N2c3ccccc3B3c4ccccc4N(c4ccc(C)c(C)c4)c4cccc2c43)cc1C. The Hall–Kier alpha value is -4.24. The maximum Gasteiger partial charge on any atom is 0.252 e. The van der Waals surface area contributed by atoms with Gasteiger partial charge in [0.15, 0.2) is 0 Å². The Morgan fingerprint density at radius 1 is 0.432 bits per heavy atom. The van der Waals surface area contributed by atoms with Crippen molar-refractivity contribution >= 4 is 57.2 Å². The van der Waals surface area contributed by atoms with Gasteiger partial charge in [0.05, 0.1) is 0 Å². The van der Waals surface area contributed by atoms with E-state index in [-0.39, 0.29) is 6.71 Å². The van der Waals surface area contributed by atoms with E-state index in [9.17, 15) is 0 Å². The number of nitrogens with zero attached hydrogens (tertiary/aromatic N) is 2. The molecule has 0 aromatic heterocycles. The second kappa shape index (κ2) is 8.14. The van der Waals surface area contributed by atoms with Gasteiger partial charge in [-0.3, -0.25) is 0 Å². The van der Waals surface area contributed by atoms with Crippen LogP contribution in [0.1, 0.15) is 22.3 Å². The summed E-state index contributed by atoms with van der Waals surface area (Å²) in [6.45, 7) is 8.96. The summed E-state index contributed by atoms with van der Waals surface area (Å²) in [7, 11) is 0. The number of aryl methyl sites for hydroxylation is 4. The first kappa shape index (κ1) is 22.0. The monoisotopic (exact) mass is 476 g/mol. The number of para-hydroxylation sites is 2. The number of benzene rings is 5. The van der Waals surface area contributed by atoms with Crippen LogP contribution in [0.2, 0.25) is 0 Å². The van der Waals surface area contributed by atoms with E-state index in [0.29, 0.717) is 0 Å². The summed E-state index contributed by atoms with van der Waals surface area (Å²) in [5.74, 6) is 0. The van der Waals surface area contributed by atoms with Gasteiger partial charge in [0.25, 0.3) is 6.71 Å². The van der Waals surface area contributed by atoms with Crippen LogP contribution in [0.15, 0.2) is 103 Å². The van der Waals surface area contributed by atoms with Gasteiger partial charge in [-0.1, -0.05) is 54.6 Å². The number of anilines is 6. The van der Waals surface area contributed by atoms with Crippen LogP contribution in [0.5, 0.6) is 0 Å². The average Bonchev–Trinajstić information content (AvgIpc) is 2.92. The van der Waals surface area contributed by atoms with E-state index in [0.717, 1.165) is 0 Å². The fourth-order valence-corrected chi connectivity index (χ4v) is 6.12. The zero-order chi connectivity index (χ0) is 25.3. The van der Waals surface area contributed by atoms with Gasteiger partial charge in [-0.2, -0.15) is 0 Å². The molecular weight excluding hydrogens is 447 g/mol. The molecule has 0 spiro atoms. The molecule has 0 aliphatic carbocycles. The van der Waals surface area contributed by atoms with Crippen LogP contribution >= 0.6 is 0 Å². The largest absolute Gasteiger partial charge is 0.311 e. The Balaban J connectivity index is 1.55. The van der Waals surface area contributed by atoms with E-state index in [1.165, 1.54) is 72.8 Å². The van der Waals surface area contributed by atoms with Gasteiger partial charge < -0.3 is 9.80 Å². The standard InChI is InChI=1S/C34H29BN2/c1-22-16-18-26(20-24(22)3)36-30-12-7-5-10-28(30)35-29-11-6-8-13-31(29)37(27-19-17-23(2)25(4)21-27)33-15-9-14-32(36)34(33)35/h5-21H,1-4H3. The van der Waals surface area contributed by atoms with Gasteiger partial charge in [0.2, 0.25) is 0 Å². The van der Waals surface area contributed by atoms with Crippen LogP contribution < -0.4 is 26.2 Å². The van der Waals surface area contributed by atoms with E-state index in [2.05, 4.69) is 141 Å². The Labute approximate surface area is 219 Å². The minimum absolute atomic E-state index is 0.184. The van der Waals surface area contributed by atoms with Gasteiger partial charge in [-0.15, -0.1) is 0 Å². The fraction of sp³-hybridized carbons (Fsp3) is 0.118. The topological polar surface area (TPSA) is 6.48 Å². The first-order valence-corrected chi connectivity index (χ1v) is 13.1. The van der Waals surface area contributed by atoms with Gasteiger partial charge in [0, 0.05) is 34.1 Å². The zero-order valence-electron chi connectivity index (χ0n) is 21.8. The molecule has 3 heteroatoms. The molecule has 37 heavy (non-hydrogen) atoms.